The fourth-order valence-electron chi connectivity index (χ4n) is 6.25. The van der Waals surface area contributed by atoms with Gasteiger partial charge in [-0.2, -0.15) is 0 Å². The number of fused-ring (bicyclic) bond motifs is 8. The van der Waals surface area contributed by atoms with Gasteiger partial charge in [0.1, 0.15) is 11.2 Å². The molecule has 0 bridgehead atoms. The Kier molecular flexibility index (Phi) is 5.37. The van der Waals surface area contributed by atoms with E-state index in [0.29, 0.717) is 0 Å². The second-order valence-corrected chi connectivity index (χ2v) is 11.9. The topological polar surface area (TPSA) is 29.3 Å². The van der Waals surface area contributed by atoms with Gasteiger partial charge in [0.15, 0.2) is 0 Å². The van der Waals surface area contributed by atoms with Crippen LogP contribution in [0.25, 0.3) is 64.1 Å². The Hall–Kier alpha value is -5.45. The number of benzene rings is 6. The van der Waals surface area contributed by atoms with Crippen molar-refractivity contribution in [3.05, 3.63) is 146 Å². The zero-order chi connectivity index (χ0) is 28.3. The first-order valence-electron chi connectivity index (χ1n) is 14.4. The normalized spacial score (nSPS) is 11.7. The molecule has 4 heteroatoms. The number of furan rings is 1. The predicted octanol–water partition coefficient (Wildman–Crippen LogP) is 11.6. The van der Waals surface area contributed by atoms with E-state index in [2.05, 4.69) is 143 Å². The quantitative estimate of drug-likeness (QED) is 0.211. The van der Waals surface area contributed by atoms with Crippen molar-refractivity contribution < 1.29 is 4.42 Å². The molecule has 202 valence electrons. The van der Waals surface area contributed by atoms with Crippen LogP contribution in [0, 0.1) is 0 Å². The van der Waals surface area contributed by atoms with Crippen LogP contribution in [0.4, 0.5) is 17.1 Å². The van der Waals surface area contributed by atoms with Crippen molar-refractivity contribution in [2.45, 2.75) is 0 Å². The lowest BCUT2D eigenvalue weighted by Crippen LogP contribution is -2.09. The highest BCUT2D eigenvalue weighted by Gasteiger charge is 2.18. The number of hydrogen-bond donors (Lipinski definition) is 0. The maximum absolute atomic E-state index is 6.56. The van der Waals surface area contributed by atoms with E-state index in [0.717, 1.165) is 49.9 Å². The molecule has 3 nitrogen and oxygen atoms in total. The fourth-order valence-corrected chi connectivity index (χ4v) is 7.33. The molecule has 9 rings (SSSR count). The summed E-state index contributed by atoms with van der Waals surface area (Å²) in [5.74, 6) is 0. The van der Waals surface area contributed by atoms with E-state index in [1.54, 1.807) is 0 Å². The molecular formula is C39H24N2OS. The lowest BCUT2D eigenvalue weighted by atomic mass is 10.0. The Balaban J connectivity index is 1.24. The van der Waals surface area contributed by atoms with Crippen LogP contribution >= 0.6 is 11.3 Å². The largest absolute Gasteiger partial charge is 0.455 e. The first-order chi connectivity index (χ1) is 21.3. The highest BCUT2D eigenvalue weighted by molar-refractivity contribution is 7.25. The minimum atomic E-state index is 0.858. The summed E-state index contributed by atoms with van der Waals surface area (Å²) in [6.07, 6.45) is 1.82. The zero-order valence-corrected chi connectivity index (χ0v) is 23.9. The number of pyridine rings is 1. The van der Waals surface area contributed by atoms with Crippen LogP contribution in [-0.4, -0.2) is 4.98 Å². The van der Waals surface area contributed by atoms with Gasteiger partial charge in [-0.15, -0.1) is 11.3 Å². The molecule has 0 fully saturated rings. The van der Waals surface area contributed by atoms with E-state index in [1.165, 1.54) is 31.3 Å². The van der Waals surface area contributed by atoms with Crippen molar-refractivity contribution in [1.29, 1.82) is 0 Å². The molecule has 0 atom stereocenters. The van der Waals surface area contributed by atoms with Crippen LogP contribution in [0.5, 0.6) is 0 Å². The summed E-state index contributed by atoms with van der Waals surface area (Å²) in [6, 6.07) is 49.6. The third-order valence-electron chi connectivity index (χ3n) is 8.31. The summed E-state index contributed by atoms with van der Waals surface area (Å²) in [6.45, 7) is 0. The maximum atomic E-state index is 6.56. The molecular weight excluding hydrogens is 545 g/mol. The summed E-state index contributed by atoms with van der Waals surface area (Å²) in [5, 5.41) is 5.79. The lowest BCUT2D eigenvalue weighted by Gasteiger charge is -2.26. The van der Waals surface area contributed by atoms with Gasteiger partial charge in [-0.1, -0.05) is 60.7 Å². The number of nitrogens with zero attached hydrogens (tertiary/aromatic N) is 2. The molecule has 0 amide bonds. The average molecular weight is 569 g/mol. The van der Waals surface area contributed by atoms with Gasteiger partial charge in [-0.05, 0) is 83.9 Å². The molecule has 0 N–H and O–H groups in total. The minimum absolute atomic E-state index is 0.858. The van der Waals surface area contributed by atoms with Gasteiger partial charge in [0.2, 0.25) is 0 Å². The summed E-state index contributed by atoms with van der Waals surface area (Å²) < 4.78 is 9.15. The van der Waals surface area contributed by atoms with Crippen LogP contribution in [-0.2, 0) is 0 Å². The molecule has 0 aliphatic heterocycles. The van der Waals surface area contributed by atoms with Crippen LogP contribution < -0.4 is 4.90 Å². The number of thiophene rings is 1. The van der Waals surface area contributed by atoms with Crippen LogP contribution in [0.2, 0.25) is 0 Å². The average Bonchev–Trinajstić information content (AvgIpc) is 3.64. The predicted molar refractivity (Wildman–Crippen MR) is 182 cm³/mol. The Morgan fingerprint density at radius 2 is 1.19 bits per heavy atom. The molecule has 0 aliphatic carbocycles. The van der Waals surface area contributed by atoms with Gasteiger partial charge in [-0.3, -0.25) is 4.98 Å². The standard InChI is InChI=1S/C39H24N2OS/c1-2-7-25(8-3-1)26-12-14-27(15-13-26)41(28-17-21-38-34(23-28)31-9-4-5-11-37(31)43-38)29-16-18-30-32-19-20-35-33(10-6-22-40-35)39(32)42-36(30)24-29/h1-24H. The highest BCUT2D eigenvalue weighted by atomic mass is 32.1. The Bertz CT molecular complexity index is 2460. The second kappa shape index (κ2) is 9.55. The fraction of sp³-hybridized carbons (Fsp3) is 0. The monoisotopic (exact) mass is 568 g/mol. The van der Waals surface area contributed by atoms with Crippen molar-refractivity contribution in [3.8, 4) is 11.1 Å². The summed E-state index contributed by atoms with van der Waals surface area (Å²) in [7, 11) is 0. The van der Waals surface area contributed by atoms with E-state index in [1.807, 2.05) is 23.6 Å². The smallest absolute Gasteiger partial charge is 0.144 e. The van der Waals surface area contributed by atoms with Gasteiger partial charge in [0, 0.05) is 65.7 Å². The molecule has 43 heavy (non-hydrogen) atoms. The van der Waals surface area contributed by atoms with E-state index in [-0.39, 0.29) is 0 Å². The van der Waals surface area contributed by atoms with Crippen LogP contribution in [0.15, 0.2) is 150 Å². The molecule has 0 unspecified atom stereocenters. The van der Waals surface area contributed by atoms with Crippen LogP contribution in [0.3, 0.4) is 0 Å². The molecule has 0 saturated carbocycles. The number of aromatic nitrogens is 1. The van der Waals surface area contributed by atoms with E-state index < -0.39 is 0 Å². The van der Waals surface area contributed by atoms with Gasteiger partial charge < -0.3 is 9.32 Å². The molecule has 3 aromatic heterocycles. The van der Waals surface area contributed by atoms with Crippen molar-refractivity contribution in [2.75, 3.05) is 4.90 Å². The minimum Gasteiger partial charge on any atom is -0.455 e. The molecule has 0 saturated heterocycles. The third kappa shape index (κ3) is 3.92. The summed E-state index contributed by atoms with van der Waals surface area (Å²) in [5.41, 5.74) is 8.30. The second-order valence-electron chi connectivity index (χ2n) is 10.8. The third-order valence-corrected chi connectivity index (χ3v) is 9.46. The summed E-state index contributed by atoms with van der Waals surface area (Å²) >= 11 is 1.84. The molecule has 9 aromatic rings. The van der Waals surface area contributed by atoms with Gasteiger partial charge >= 0.3 is 0 Å². The van der Waals surface area contributed by atoms with Crippen molar-refractivity contribution in [3.63, 3.8) is 0 Å². The lowest BCUT2D eigenvalue weighted by molar-refractivity contribution is 0.672. The Morgan fingerprint density at radius 3 is 2.09 bits per heavy atom. The van der Waals surface area contributed by atoms with Crippen molar-refractivity contribution in [1.82, 2.24) is 4.98 Å². The first-order valence-corrected chi connectivity index (χ1v) is 15.2. The van der Waals surface area contributed by atoms with E-state index >= 15 is 0 Å². The zero-order valence-electron chi connectivity index (χ0n) is 23.1. The molecule has 0 spiro atoms. The molecule has 6 aromatic carbocycles. The van der Waals surface area contributed by atoms with Gasteiger partial charge in [0.05, 0.1) is 5.52 Å². The van der Waals surface area contributed by atoms with E-state index in [9.17, 15) is 0 Å². The molecule has 3 heterocycles. The van der Waals surface area contributed by atoms with Gasteiger partial charge in [0.25, 0.3) is 0 Å². The number of rotatable bonds is 4. The Morgan fingerprint density at radius 1 is 0.488 bits per heavy atom. The number of hydrogen-bond acceptors (Lipinski definition) is 4. The summed E-state index contributed by atoms with van der Waals surface area (Å²) in [4.78, 5) is 6.86. The van der Waals surface area contributed by atoms with Crippen molar-refractivity contribution in [2.24, 2.45) is 0 Å². The highest BCUT2D eigenvalue weighted by Crippen LogP contribution is 2.43. The molecule has 0 radical (unpaired) electrons. The SMILES string of the molecule is c1ccc(-c2ccc(N(c3ccc4c(c3)oc3c5cccnc5ccc43)c3ccc4sc5ccccc5c4c3)cc2)cc1. The Labute approximate surface area is 251 Å². The van der Waals surface area contributed by atoms with Crippen molar-refractivity contribution >= 4 is 81.4 Å². The number of anilines is 3. The molecule has 0 aliphatic rings. The van der Waals surface area contributed by atoms with Gasteiger partial charge in [-0.25, -0.2) is 0 Å². The van der Waals surface area contributed by atoms with E-state index in [4.69, 9.17) is 4.42 Å². The maximum Gasteiger partial charge on any atom is 0.144 e. The van der Waals surface area contributed by atoms with Crippen LogP contribution in [0.1, 0.15) is 0 Å². The first kappa shape index (κ1) is 24.2.